The standard InChI is InChI=1S/C23H34O5.Na/c1-2-3-4-7-17(24)9-10-18-19-11-15-6-5-8-22(28-14-23(26)27)20(15)12-16(19)13-21(18)25;/h5-6,8,16-19,21,24-25H,2-4,7,9-14H2,1H3,(H,26,27);/q;+1/p-1/t16-,17-,18+,19-,21+;/m0./s1/i7D2,9D2,14D2;. The number of hydrogen-bond donors (Lipinski definition) is 2. The number of aliphatic hydroxyl groups excluding tert-OH is 2. The Morgan fingerprint density at radius 1 is 1.34 bits per heavy atom. The van der Waals surface area contributed by atoms with Gasteiger partial charge in [0, 0.05) is 5.48 Å². The predicted octanol–water partition coefficient (Wildman–Crippen LogP) is -0.747. The van der Waals surface area contributed by atoms with Gasteiger partial charge in [0.05, 0.1) is 20.9 Å². The van der Waals surface area contributed by atoms with Gasteiger partial charge in [0.25, 0.3) is 0 Å². The van der Waals surface area contributed by atoms with Crippen molar-refractivity contribution in [1.29, 1.82) is 0 Å². The van der Waals surface area contributed by atoms with Gasteiger partial charge in [-0.2, -0.15) is 0 Å². The Hall–Kier alpha value is -0.590. The van der Waals surface area contributed by atoms with Crippen LogP contribution in [0.4, 0.5) is 0 Å². The van der Waals surface area contributed by atoms with E-state index < -0.39 is 43.4 Å². The molecule has 0 amide bonds. The van der Waals surface area contributed by atoms with E-state index >= 15 is 0 Å². The molecule has 0 aromatic heterocycles. The van der Waals surface area contributed by atoms with Crippen molar-refractivity contribution in [2.24, 2.45) is 17.8 Å². The summed E-state index contributed by atoms with van der Waals surface area (Å²) >= 11 is 0. The summed E-state index contributed by atoms with van der Waals surface area (Å²) in [5.74, 6) is -2.52. The molecule has 156 valence electrons. The van der Waals surface area contributed by atoms with Crippen LogP contribution in [0.5, 0.6) is 5.75 Å². The molecule has 5 nitrogen and oxygen atoms in total. The summed E-state index contributed by atoms with van der Waals surface area (Å²) in [5.41, 5.74) is 1.48. The van der Waals surface area contributed by atoms with Crippen molar-refractivity contribution in [2.75, 3.05) is 6.56 Å². The van der Waals surface area contributed by atoms with E-state index in [2.05, 4.69) is 0 Å². The first-order chi connectivity index (χ1) is 15.7. The van der Waals surface area contributed by atoms with Crippen LogP contribution in [0.25, 0.3) is 0 Å². The molecule has 0 heterocycles. The van der Waals surface area contributed by atoms with Gasteiger partial charge in [-0.15, -0.1) is 0 Å². The van der Waals surface area contributed by atoms with Gasteiger partial charge in [-0.1, -0.05) is 38.3 Å². The van der Waals surface area contributed by atoms with Crippen LogP contribution in [0, 0.1) is 17.8 Å². The average molecular weight is 419 g/mol. The zero-order valence-corrected chi connectivity index (χ0v) is 19.2. The largest absolute Gasteiger partial charge is 1.00 e. The normalized spacial score (nSPS) is 30.7. The number of unbranched alkanes of at least 4 members (excludes halogenated alkanes) is 1. The second-order valence-electron chi connectivity index (χ2n) is 7.80. The third-order valence-electron chi connectivity index (χ3n) is 6.01. The maximum Gasteiger partial charge on any atom is 1.00 e. The number of carbonyl (C=O) groups is 1. The Balaban J connectivity index is 0.00000432. The first kappa shape index (κ1) is 17.0. The maximum absolute atomic E-state index is 11.1. The number of aliphatic carboxylic acids is 1. The first-order valence-electron chi connectivity index (χ1n) is 13.1. The van der Waals surface area contributed by atoms with E-state index in [1.54, 1.807) is 6.07 Å². The van der Waals surface area contributed by atoms with Crippen LogP contribution < -0.4 is 39.4 Å². The molecule has 6 heteroatoms. The minimum Gasteiger partial charge on any atom is -0.546 e. The molecule has 3 rings (SSSR count). The second-order valence-corrected chi connectivity index (χ2v) is 7.80. The zero-order valence-electron chi connectivity index (χ0n) is 23.2. The van der Waals surface area contributed by atoms with Gasteiger partial charge >= 0.3 is 29.6 Å². The van der Waals surface area contributed by atoms with Crippen LogP contribution in [0.15, 0.2) is 18.2 Å². The van der Waals surface area contributed by atoms with Crippen molar-refractivity contribution < 1.29 is 62.6 Å². The maximum atomic E-state index is 11.1. The Kier molecular flexibility index (Phi) is 6.87. The van der Waals surface area contributed by atoms with Crippen molar-refractivity contribution in [3.63, 3.8) is 0 Å². The van der Waals surface area contributed by atoms with Crippen molar-refractivity contribution in [3.05, 3.63) is 29.3 Å². The van der Waals surface area contributed by atoms with Crippen LogP contribution in [0.1, 0.15) is 71.1 Å². The molecule has 0 aliphatic heterocycles. The third kappa shape index (κ3) is 6.44. The van der Waals surface area contributed by atoms with Crippen molar-refractivity contribution >= 4 is 5.97 Å². The van der Waals surface area contributed by atoms with Gasteiger partial charge in [0.15, 0.2) is 0 Å². The zero-order chi connectivity index (χ0) is 25.5. The Morgan fingerprint density at radius 2 is 2.14 bits per heavy atom. The van der Waals surface area contributed by atoms with Crippen molar-refractivity contribution in [1.82, 2.24) is 0 Å². The number of carboxylic acids is 1. The first-order valence-corrected chi connectivity index (χ1v) is 10.1. The quantitative estimate of drug-likeness (QED) is 0.488. The molecule has 0 spiro atoms. The van der Waals surface area contributed by atoms with Gasteiger partial charge in [0.1, 0.15) is 12.3 Å². The number of ether oxygens (including phenoxy) is 1. The van der Waals surface area contributed by atoms with E-state index in [-0.39, 0.29) is 60.0 Å². The van der Waals surface area contributed by atoms with E-state index in [4.69, 9.17) is 13.0 Å². The molecule has 1 aromatic rings. The number of hydrogen-bond acceptors (Lipinski definition) is 5. The van der Waals surface area contributed by atoms with E-state index in [1.165, 1.54) is 6.07 Å². The fourth-order valence-electron chi connectivity index (χ4n) is 4.61. The summed E-state index contributed by atoms with van der Waals surface area (Å²) < 4.78 is 53.3. The molecular weight excluding hydrogens is 379 g/mol. The summed E-state index contributed by atoms with van der Waals surface area (Å²) in [5, 5.41) is 32.4. The van der Waals surface area contributed by atoms with Gasteiger partial charge in [-0.05, 0) is 73.4 Å². The van der Waals surface area contributed by atoms with E-state index in [0.29, 0.717) is 31.2 Å². The van der Waals surface area contributed by atoms with Gasteiger partial charge < -0.3 is 24.9 Å². The predicted molar refractivity (Wildman–Crippen MR) is 105 cm³/mol. The summed E-state index contributed by atoms with van der Waals surface area (Å²) in [6.07, 6.45) is -4.56. The SMILES string of the molecule is [2H]C([2H])(Oc1cccc2c1C[C@H]1C[C@@H](O)[C@H](CC([2H])([2H])[C@@H](O)C([2H])([2H])CCCC)[C@H]1C2)C(=O)[O-].[Na+]. The summed E-state index contributed by atoms with van der Waals surface area (Å²) in [7, 11) is 0. The van der Waals surface area contributed by atoms with Crippen LogP contribution in [-0.4, -0.2) is 34.9 Å². The minimum atomic E-state index is -2.99. The summed E-state index contributed by atoms with van der Waals surface area (Å²) in [6.45, 7) is -1.09. The number of carbonyl (C=O) groups excluding carboxylic acids is 1. The van der Waals surface area contributed by atoms with Gasteiger partial charge in [-0.25, -0.2) is 0 Å². The molecule has 0 unspecified atom stereocenters. The molecule has 2 aliphatic rings. The minimum absolute atomic E-state index is 0. The number of carboxylic acid groups (broad SMARTS) is 1. The summed E-state index contributed by atoms with van der Waals surface area (Å²) in [4.78, 5) is 11.1. The Labute approximate surface area is 204 Å². The molecule has 0 saturated heterocycles. The van der Waals surface area contributed by atoms with Crippen LogP contribution in [0.2, 0.25) is 0 Å². The Bertz CT molecular complexity index is 899. The molecule has 0 bridgehead atoms. The second kappa shape index (κ2) is 11.7. The molecule has 2 N–H and O–H groups in total. The van der Waals surface area contributed by atoms with Crippen molar-refractivity contribution in [3.8, 4) is 5.75 Å². The molecule has 2 aliphatic carbocycles. The summed E-state index contributed by atoms with van der Waals surface area (Å²) in [6, 6.07) is 4.95. The fraction of sp³-hybridized carbons (Fsp3) is 0.696. The smallest absolute Gasteiger partial charge is 0.546 e. The Morgan fingerprint density at radius 3 is 2.86 bits per heavy atom. The average Bonchev–Trinajstić information content (AvgIpc) is 3.04. The third-order valence-corrected chi connectivity index (χ3v) is 6.01. The van der Waals surface area contributed by atoms with Crippen molar-refractivity contribution in [2.45, 2.75) is 76.8 Å². The van der Waals surface area contributed by atoms with E-state index in [1.807, 2.05) is 13.0 Å². The monoisotopic (exact) mass is 418 g/mol. The number of rotatable bonds is 10. The van der Waals surface area contributed by atoms with Gasteiger partial charge in [-0.3, -0.25) is 0 Å². The molecule has 1 saturated carbocycles. The van der Waals surface area contributed by atoms with Gasteiger partial charge in [0.2, 0.25) is 0 Å². The molecule has 29 heavy (non-hydrogen) atoms. The van der Waals surface area contributed by atoms with Crippen LogP contribution in [-0.2, 0) is 17.6 Å². The van der Waals surface area contributed by atoms with Crippen LogP contribution in [0.3, 0.4) is 0 Å². The molecule has 1 aromatic carbocycles. The number of aliphatic hydroxyl groups is 2. The fourth-order valence-corrected chi connectivity index (χ4v) is 4.61. The molecule has 0 radical (unpaired) electrons. The number of benzene rings is 1. The van der Waals surface area contributed by atoms with E-state index in [9.17, 15) is 20.1 Å². The van der Waals surface area contributed by atoms with Crippen LogP contribution >= 0.6 is 0 Å². The molecule has 1 fully saturated rings. The van der Waals surface area contributed by atoms with E-state index in [0.717, 1.165) is 12.0 Å². The topological polar surface area (TPSA) is 89.8 Å². The molecule has 5 atom stereocenters. The molecular formula is C23H33NaO5. The number of fused-ring (bicyclic) bond motifs is 2.